The van der Waals surface area contributed by atoms with Crippen molar-refractivity contribution in [3.8, 4) is 5.82 Å². The molecule has 2 rings (SSSR count). The summed E-state index contributed by atoms with van der Waals surface area (Å²) in [6.45, 7) is 8.10. The summed E-state index contributed by atoms with van der Waals surface area (Å²) in [5.41, 5.74) is 6.84. The van der Waals surface area contributed by atoms with E-state index in [4.69, 9.17) is 5.73 Å². The van der Waals surface area contributed by atoms with Crippen LogP contribution < -0.4 is 11.1 Å². The van der Waals surface area contributed by atoms with Crippen molar-refractivity contribution in [2.24, 2.45) is 0 Å². The van der Waals surface area contributed by atoms with Crippen molar-refractivity contribution in [2.75, 3.05) is 11.1 Å². The van der Waals surface area contributed by atoms with Crippen molar-refractivity contribution in [1.82, 2.24) is 19.7 Å². The van der Waals surface area contributed by atoms with E-state index in [1.165, 1.54) is 4.68 Å². The van der Waals surface area contributed by atoms with Crippen LogP contribution in [0.4, 0.5) is 11.9 Å². The van der Waals surface area contributed by atoms with Gasteiger partial charge in [-0.2, -0.15) is 9.67 Å². The number of aryl methyl sites for hydroxylation is 1. The summed E-state index contributed by atoms with van der Waals surface area (Å²) in [7, 11) is 0. The molecule has 2 heterocycles. The highest BCUT2D eigenvalue weighted by molar-refractivity contribution is 5.40. The fraction of sp³-hybridized carbons (Fsp3) is 0.417. The Balaban J connectivity index is 2.35. The van der Waals surface area contributed by atoms with E-state index in [0.29, 0.717) is 17.7 Å². The maximum atomic E-state index is 5.85. The van der Waals surface area contributed by atoms with Crippen LogP contribution in [-0.2, 0) is 0 Å². The lowest BCUT2D eigenvalue weighted by Gasteiger charge is -2.18. The summed E-state index contributed by atoms with van der Waals surface area (Å²) < 4.78 is 1.53. The molecule has 18 heavy (non-hydrogen) atoms. The molecule has 2 aromatic heterocycles. The lowest BCUT2D eigenvalue weighted by molar-refractivity contribution is 0.625. The fourth-order valence-electron chi connectivity index (χ4n) is 1.52. The Labute approximate surface area is 106 Å². The van der Waals surface area contributed by atoms with Gasteiger partial charge in [0.25, 0.3) is 0 Å². The molecule has 2 aromatic rings. The molecule has 0 unspecified atom stereocenters. The number of nitrogens with one attached hydrogen (secondary N) is 1. The molecule has 0 aromatic carbocycles. The molecule has 0 aliphatic rings. The van der Waals surface area contributed by atoms with Gasteiger partial charge in [-0.1, -0.05) is 0 Å². The maximum Gasteiger partial charge on any atom is 0.244 e. The number of nitrogen functional groups attached to an aromatic ring is 1. The zero-order valence-corrected chi connectivity index (χ0v) is 11.1. The van der Waals surface area contributed by atoms with Crippen molar-refractivity contribution in [2.45, 2.75) is 33.2 Å². The molecule has 0 saturated heterocycles. The van der Waals surface area contributed by atoms with Gasteiger partial charge in [-0.15, -0.1) is 5.10 Å². The topological polar surface area (TPSA) is 81.7 Å². The standard InChI is InChI=1S/C12H18N6/c1-8-5-6-14-9(7-8)18-10(13)15-11(17-18)16-12(2,3)4/h5-7H,1-4H3,(H3,13,15,16,17). The van der Waals surface area contributed by atoms with E-state index in [9.17, 15) is 0 Å². The third-order valence-corrected chi connectivity index (χ3v) is 2.24. The molecule has 0 spiro atoms. The van der Waals surface area contributed by atoms with Crippen molar-refractivity contribution in [3.63, 3.8) is 0 Å². The minimum Gasteiger partial charge on any atom is -0.368 e. The van der Waals surface area contributed by atoms with Gasteiger partial charge in [0.15, 0.2) is 5.82 Å². The number of rotatable bonds is 2. The highest BCUT2D eigenvalue weighted by Gasteiger charge is 2.15. The molecule has 0 amide bonds. The monoisotopic (exact) mass is 246 g/mol. The Morgan fingerprint density at radius 3 is 2.67 bits per heavy atom. The Morgan fingerprint density at radius 1 is 1.33 bits per heavy atom. The largest absolute Gasteiger partial charge is 0.368 e. The number of hydrogen-bond acceptors (Lipinski definition) is 5. The number of anilines is 2. The molecule has 0 aliphatic heterocycles. The van der Waals surface area contributed by atoms with Gasteiger partial charge in [0.1, 0.15) is 0 Å². The maximum absolute atomic E-state index is 5.85. The zero-order valence-electron chi connectivity index (χ0n) is 11.1. The van der Waals surface area contributed by atoms with Crippen molar-refractivity contribution in [3.05, 3.63) is 23.9 Å². The lowest BCUT2D eigenvalue weighted by Crippen LogP contribution is -2.26. The Hall–Kier alpha value is -2.11. The van der Waals surface area contributed by atoms with Gasteiger partial charge in [0.05, 0.1) is 0 Å². The highest BCUT2D eigenvalue weighted by atomic mass is 15.4. The lowest BCUT2D eigenvalue weighted by atomic mass is 10.1. The molecule has 0 bridgehead atoms. The Morgan fingerprint density at radius 2 is 2.06 bits per heavy atom. The van der Waals surface area contributed by atoms with Crippen molar-refractivity contribution in [1.29, 1.82) is 0 Å². The Bertz CT molecular complexity index is 552. The first-order valence-corrected chi connectivity index (χ1v) is 5.79. The predicted octanol–water partition coefficient (Wildman–Crippen LogP) is 1.76. The van der Waals surface area contributed by atoms with Crippen LogP contribution in [0.15, 0.2) is 18.3 Å². The summed E-state index contributed by atoms with van der Waals surface area (Å²) in [6.07, 6.45) is 1.72. The van der Waals surface area contributed by atoms with Gasteiger partial charge in [0.2, 0.25) is 11.9 Å². The third-order valence-electron chi connectivity index (χ3n) is 2.24. The molecule has 0 radical (unpaired) electrons. The van der Waals surface area contributed by atoms with Gasteiger partial charge in [-0.05, 0) is 45.4 Å². The average Bonchev–Trinajstić information content (AvgIpc) is 2.56. The van der Waals surface area contributed by atoms with E-state index in [0.717, 1.165) is 5.56 Å². The van der Waals surface area contributed by atoms with Crippen LogP contribution in [-0.4, -0.2) is 25.3 Å². The first-order valence-electron chi connectivity index (χ1n) is 5.79. The first-order chi connectivity index (χ1) is 8.35. The van der Waals surface area contributed by atoms with Crippen LogP contribution in [0.5, 0.6) is 0 Å². The number of aromatic nitrogens is 4. The molecular formula is C12H18N6. The molecule has 0 fully saturated rings. The van der Waals surface area contributed by atoms with Gasteiger partial charge in [-0.3, -0.25) is 0 Å². The molecule has 0 aliphatic carbocycles. The van der Waals surface area contributed by atoms with Crippen LogP contribution in [0, 0.1) is 6.92 Å². The third kappa shape index (κ3) is 2.77. The van der Waals surface area contributed by atoms with Crippen LogP contribution in [0.3, 0.4) is 0 Å². The predicted molar refractivity (Wildman–Crippen MR) is 71.7 cm³/mol. The van der Waals surface area contributed by atoms with Crippen LogP contribution >= 0.6 is 0 Å². The molecule has 96 valence electrons. The van der Waals surface area contributed by atoms with E-state index >= 15 is 0 Å². The molecule has 3 N–H and O–H groups in total. The number of nitrogens with zero attached hydrogens (tertiary/aromatic N) is 4. The van der Waals surface area contributed by atoms with E-state index in [1.807, 2.05) is 39.8 Å². The second kappa shape index (κ2) is 4.29. The van der Waals surface area contributed by atoms with Gasteiger partial charge in [0, 0.05) is 11.7 Å². The van der Waals surface area contributed by atoms with Crippen LogP contribution in [0.2, 0.25) is 0 Å². The van der Waals surface area contributed by atoms with E-state index in [1.54, 1.807) is 6.20 Å². The molecule has 6 nitrogen and oxygen atoms in total. The smallest absolute Gasteiger partial charge is 0.244 e. The quantitative estimate of drug-likeness (QED) is 0.843. The van der Waals surface area contributed by atoms with Gasteiger partial charge >= 0.3 is 0 Å². The minimum atomic E-state index is -0.112. The second-order valence-corrected chi connectivity index (χ2v) is 5.27. The normalized spacial score (nSPS) is 11.6. The molecule has 6 heteroatoms. The average molecular weight is 246 g/mol. The van der Waals surface area contributed by atoms with Gasteiger partial charge < -0.3 is 11.1 Å². The summed E-state index contributed by atoms with van der Waals surface area (Å²) in [5, 5.41) is 7.49. The van der Waals surface area contributed by atoms with Crippen LogP contribution in [0.25, 0.3) is 5.82 Å². The van der Waals surface area contributed by atoms with Crippen molar-refractivity contribution < 1.29 is 0 Å². The van der Waals surface area contributed by atoms with E-state index in [-0.39, 0.29) is 5.54 Å². The summed E-state index contributed by atoms with van der Waals surface area (Å²) in [5.74, 6) is 1.49. The number of hydrogen-bond donors (Lipinski definition) is 2. The minimum absolute atomic E-state index is 0.112. The molecule has 0 atom stereocenters. The second-order valence-electron chi connectivity index (χ2n) is 5.27. The zero-order chi connectivity index (χ0) is 13.3. The number of nitrogens with two attached hydrogens (primary N) is 1. The molecular weight excluding hydrogens is 228 g/mol. The summed E-state index contributed by atoms with van der Waals surface area (Å²) in [6, 6.07) is 3.83. The van der Waals surface area contributed by atoms with E-state index < -0.39 is 0 Å². The fourth-order valence-corrected chi connectivity index (χ4v) is 1.52. The molecule has 0 saturated carbocycles. The summed E-state index contributed by atoms with van der Waals surface area (Å²) >= 11 is 0. The van der Waals surface area contributed by atoms with Crippen molar-refractivity contribution >= 4 is 11.9 Å². The van der Waals surface area contributed by atoms with Gasteiger partial charge in [-0.25, -0.2) is 4.98 Å². The summed E-state index contributed by atoms with van der Waals surface area (Å²) in [4.78, 5) is 8.41. The first kappa shape index (κ1) is 12.3. The SMILES string of the molecule is Cc1ccnc(-n2nc(NC(C)(C)C)nc2N)c1. The highest BCUT2D eigenvalue weighted by Crippen LogP contribution is 2.15. The van der Waals surface area contributed by atoms with E-state index in [2.05, 4.69) is 20.4 Å². The van der Waals surface area contributed by atoms with Crippen LogP contribution in [0.1, 0.15) is 26.3 Å². The Kier molecular flexibility index (Phi) is 2.94. The number of pyridine rings is 1.